The Morgan fingerprint density at radius 3 is 2.83 bits per heavy atom. The average Bonchev–Trinajstić information content (AvgIpc) is 2.78. The van der Waals surface area contributed by atoms with Crippen molar-refractivity contribution >= 4 is 5.91 Å². The molecule has 3 heteroatoms. The molecule has 0 saturated carbocycles. The second-order valence-electron chi connectivity index (χ2n) is 4.53. The second kappa shape index (κ2) is 5.65. The van der Waals surface area contributed by atoms with E-state index < -0.39 is 0 Å². The second-order valence-corrected chi connectivity index (χ2v) is 4.53. The third-order valence-corrected chi connectivity index (χ3v) is 2.91. The van der Waals surface area contributed by atoms with Crippen LogP contribution in [-0.4, -0.2) is 17.0 Å². The normalized spacial score (nSPS) is 10.6. The molecular formula is C15H18N2O. The number of rotatable bonds is 4. The van der Waals surface area contributed by atoms with Gasteiger partial charge in [-0.2, -0.15) is 0 Å². The molecule has 0 unspecified atom stereocenters. The van der Waals surface area contributed by atoms with Crippen molar-refractivity contribution < 1.29 is 4.79 Å². The first kappa shape index (κ1) is 12.6. The van der Waals surface area contributed by atoms with Gasteiger partial charge in [-0.05, 0) is 37.1 Å². The van der Waals surface area contributed by atoms with Crippen molar-refractivity contribution in [1.29, 1.82) is 0 Å². The van der Waals surface area contributed by atoms with Crippen LogP contribution >= 0.6 is 0 Å². The third-order valence-electron chi connectivity index (χ3n) is 2.91. The van der Waals surface area contributed by atoms with Gasteiger partial charge in [0.1, 0.15) is 0 Å². The van der Waals surface area contributed by atoms with Crippen molar-refractivity contribution in [3.63, 3.8) is 0 Å². The molecule has 0 radical (unpaired) electrons. The van der Waals surface area contributed by atoms with Crippen LogP contribution in [0.2, 0.25) is 0 Å². The lowest BCUT2D eigenvalue weighted by Gasteiger charge is -2.03. The predicted octanol–water partition coefficient (Wildman–Crippen LogP) is 2.18. The van der Waals surface area contributed by atoms with Crippen LogP contribution in [0.3, 0.4) is 0 Å². The van der Waals surface area contributed by atoms with Gasteiger partial charge >= 0.3 is 0 Å². The summed E-state index contributed by atoms with van der Waals surface area (Å²) in [5, 5.41) is 0. The number of nitrogens with zero attached hydrogens (tertiary/aromatic N) is 1. The van der Waals surface area contributed by atoms with Gasteiger partial charge in [-0.25, -0.2) is 0 Å². The average molecular weight is 242 g/mol. The summed E-state index contributed by atoms with van der Waals surface area (Å²) in [4.78, 5) is 12.1. The van der Waals surface area contributed by atoms with Crippen LogP contribution in [0.1, 0.15) is 21.5 Å². The molecule has 1 heterocycles. The maximum absolute atomic E-state index is 12.1. The van der Waals surface area contributed by atoms with Gasteiger partial charge in [0.2, 0.25) is 5.91 Å². The summed E-state index contributed by atoms with van der Waals surface area (Å²) < 4.78 is 1.65. The molecule has 3 nitrogen and oxygen atoms in total. The van der Waals surface area contributed by atoms with Crippen LogP contribution in [0, 0.1) is 6.92 Å². The molecule has 0 saturated heterocycles. The van der Waals surface area contributed by atoms with E-state index in [0.717, 1.165) is 17.5 Å². The smallest absolute Gasteiger partial charge is 0.234 e. The van der Waals surface area contributed by atoms with Crippen LogP contribution in [-0.2, 0) is 12.8 Å². The zero-order chi connectivity index (χ0) is 13.0. The molecule has 0 aliphatic rings. The maximum Gasteiger partial charge on any atom is 0.234 e. The van der Waals surface area contributed by atoms with Gasteiger partial charge in [-0.15, -0.1) is 0 Å². The number of aromatic nitrogens is 1. The molecule has 18 heavy (non-hydrogen) atoms. The van der Waals surface area contributed by atoms with E-state index in [1.54, 1.807) is 4.57 Å². The van der Waals surface area contributed by atoms with E-state index in [4.69, 9.17) is 5.73 Å². The minimum absolute atomic E-state index is 0.0869. The number of benzene rings is 1. The molecule has 2 rings (SSSR count). The molecule has 1 aromatic carbocycles. The van der Waals surface area contributed by atoms with Crippen molar-refractivity contribution in [3.05, 3.63) is 59.4 Å². The van der Waals surface area contributed by atoms with Gasteiger partial charge in [0.25, 0.3) is 0 Å². The summed E-state index contributed by atoms with van der Waals surface area (Å²) in [5.41, 5.74) is 8.83. The summed E-state index contributed by atoms with van der Waals surface area (Å²) in [6, 6.07) is 9.98. The highest BCUT2D eigenvalue weighted by atomic mass is 16.1. The standard InChI is InChI=1S/C15H18N2O/c1-12-3-2-4-14(9-12)10-15(18)17-8-6-13(11-17)5-7-16/h2-4,6,8-9,11H,5,7,10,16H2,1H3. The number of hydrogen-bond acceptors (Lipinski definition) is 2. The predicted molar refractivity (Wildman–Crippen MR) is 72.7 cm³/mol. The van der Waals surface area contributed by atoms with Crippen molar-refractivity contribution in [2.75, 3.05) is 6.54 Å². The number of aryl methyl sites for hydroxylation is 1. The first-order valence-corrected chi connectivity index (χ1v) is 6.15. The molecule has 0 aliphatic heterocycles. The SMILES string of the molecule is Cc1cccc(CC(=O)n2ccc(CCN)c2)c1. The largest absolute Gasteiger partial charge is 0.330 e. The summed E-state index contributed by atoms with van der Waals surface area (Å²) in [6.45, 7) is 2.64. The quantitative estimate of drug-likeness (QED) is 0.893. The van der Waals surface area contributed by atoms with Gasteiger partial charge < -0.3 is 5.73 Å². The molecular weight excluding hydrogens is 224 g/mol. The molecule has 0 spiro atoms. The summed E-state index contributed by atoms with van der Waals surface area (Å²) in [5.74, 6) is 0.0869. The molecule has 0 fully saturated rings. The fourth-order valence-electron chi connectivity index (χ4n) is 2.00. The Kier molecular flexibility index (Phi) is 3.95. The fraction of sp³-hybridized carbons (Fsp3) is 0.267. The van der Waals surface area contributed by atoms with Crippen molar-refractivity contribution in [2.45, 2.75) is 19.8 Å². The monoisotopic (exact) mass is 242 g/mol. The minimum Gasteiger partial charge on any atom is -0.330 e. The lowest BCUT2D eigenvalue weighted by molar-refractivity contribution is 0.0914. The van der Waals surface area contributed by atoms with Gasteiger partial charge in [0.15, 0.2) is 0 Å². The van der Waals surface area contributed by atoms with E-state index in [9.17, 15) is 4.79 Å². The van der Waals surface area contributed by atoms with E-state index >= 15 is 0 Å². The summed E-state index contributed by atoms with van der Waals surface area (Å²) in [6.07, 6.45) is 4.91. The highest BCUT2D eigenvalue weighted by Crippen LogP contribution is 2.08. The number of carbonyl (C=O) groups is 1. The molecule has 2 aromatic rings. The minimum atomic E-state index is 0.0869. The van der Waals surface area contributed by atoms with Gasteiger partial charge in [0, 0.05) is 12.4 Å². The Hall–Kier alpha value is -1.87. The number of nitrogens with two attached hydrogens (primary N) is 1. The van der Waals surface area contributed by atoms with Gasteiger partial charge in [-0.3, -0.25) is 9.36 Å². The molecule has 2 N–H and O–H groups in total. The lowest BCUT2D eigenvalue weighted by Crippen LogP contribution is -2.11. The van der Waals surface area contributed by atoms with Gasteiger partial charge in [0.05, 0.1) is 6.42 Å². The van der Waals surface area contributed by atoms with Crippen LogP contribution < -0.4 is 5.73 Å². The first-order valence-electron chi connectivity index (χ1n) is 6.15. The first-order chi connectivity index (χ1) is 8.69. The highest BCUT2D eigenvalue weighted by Gasteiger charge is 2.06. The lowest BCUT2D eigenvalue weighted by atomic mass is 10.1. The molecule has 0 amide bonds. The van der Waals surface area contributed by atoms with Crippen LogP contribution in [0.15, 0.2) is 42.7 Å². The van der Waals surface area contributed by atoms with Crippen LogP contribution in [0.25, 0.3) is 0 Å². The fourth-order valence-corrected chi connectivity index (χ4v) is 2.00. The van der Waals surface area contributed by atoms with E-state index in [1.807, 2.05) is 49.6 Å². The Balaban J connectivity index is 2.07. The van der Waals surface area contributed by atoms with Crippen LogP contribution in [0.5, 0.6) is 0 Å². The molecule has 94 valence electrons. The Morgan fingerprint density at radius 1 is 1.28 bits per heavy atom. The zero-order valence-corrected chi connectivity index (χ0v) is 10.6. The van der Waals surface area contributed by atoms with E-state index in [-0.39, 0.29) is 5.91 Å². The Labute approximate surface area is 107 Å². The van der Waals surface area contributed by atoms with E-state index in [2.05, 4.69) is 0 Å². The molecule has 1 aromatic heterocycles. The number of hydrogen-bond donors (Lipinski definition) is 1. The van der Waals surface area contributed by atoms with Crippen molar-refractivity contribution in [3.8, 4) is 0 Å². The zero-order valence-electron chi connectivity index (χ0n) is 10.6. The topological polar surface area (TPSA) is 48.0 Å². The van der Waals surface area contributed by atoms with Crippen LogP contribution in [0.4, 0.5) is 0 Å². The Morgan fingerprint density at radius 2 is 2.11 bits per heavy atom. The molecule has 0 bridgehead atoms. The number of carbonyl (C=O) groups excluding carboxylic acids is 1. The maximum atomic E-state index is 12.1. The van der Waals surface area contributed by atoms with Crippen molar-refractivity contribution in [1.82, 2.24) is 4.57 Å². The third kappa shape index (κ3) is 3.08. The molecule has 0 aliphatic carbocycles. The van der Waals surface area contributed by atoms with Gasteiger partial charge in [-0.1, -0.05) is 29.8 Å². The van der Waals surface area contributed by atoms with Crippen molar-refractivity contribution in [2.24, 2.45) is 5.73 Å². The Bertz CT molecular complexity index is 543. The summed E-state index contributed by atoms with van der Waals surface area (Å²) in [7, 11) is 0. The van der Waals surface area contributed by atoms with E-state index in [0.29, 0.717) is 13.0 Å². The highest BCUT2D eigenvalue weighted by molar-refractivity contribution is 5.81. The molecule has 0 atom stereocenters. The summed E-state index contributed by atoms with van der Waals surface area (Å²) >= 11 is 0. The van der Waals surface area contributed by atoms with E-state index in [1.165, 1.54) is 5.56 Å².